The van der Waals surface area contributed by atoms with Gasteiger partial charge < -0.3 is 4.90 Å². The van der Waals surface area contributed by atoms with E-state index in [1.165, 1.54) is 11.3 Å². The van der Waals surface area contributed by atoms with Crippen LogP contribution in [0.25, 0.3) is 11.3 Å². The fraction of sp³-hybridized carbons (Fsp3) is 0.278. The van der Waals surface area contributed by atoms with Gasteiger partial charge in [-0.15, -0.1) is 17.9 Å². The first-order valence-corrected chi connectivity index (χ1v) is 9.30. The highest BCUT2D eigenvalue weighted by molar-refractivity contribution is 7.16. The summed E-state index contributed by atoms with van der Waals surface area (Å²) in [6, 6.07) is 5.54. The Morgan fingerprint density at radius 1 is 1.46 bits per heavy atom. The first kappa shape index (κ1) is 18.4. The molecule has 1 N–H and O–H groups in total. The highest BCUT2D eigenvalue weighted by Crippen LogP contribution is 2.26. The number of aryl methyl sites for hydroxylation is 2. The number of carbonyl (C=O) groups is 1. The van der Waals surface area contributed by atoms with Crippen molar-refractivity contribution in [3.05, 3.63) is 57.1 Å². The van der Waals surface area contributed by atoms with Gasteiger partial charge in [0.1, 0.15) is 5.69 Å². The number of halogens is 1. The second-order valence-corrected chi connectivity index (χ2v) is 7.82. The second-order valence-electron chi connectivity index (χ2n) is 6.02. The summed E-state index contributed by atoms with van der Waals surface area (Å²) in [5.74, 6) is -0.132. The Morgan fingerprint density at radius 3 is 2.81 bits per heavy atom. The van der Waals surface area contributed by atoms with E-state index in [0.29, 0.717) is 28.8 Å². The Morgan fingerprint density at radius 2 is 2.23 bits per heavy atom. The van der Waals surface area contributed by atoms with Gasteiger partial charge in [-0.25, -0.2) is 0 Å². The normalized spacial score (nSPS) is 10.9. The monoisotopic (exact) mass is 389 g/mol. The lowest BCUT2D eigenvalue weighted by molar-refractivity contribution is 0.0758. The van der Waals surface area contributed by atoms with Crippen molar-refractivity contribution in [1.29, 1.82) is 0 Å². The van der Waals surface area contributed by atoms with E-state index >= 15 is 0 Å². The molecule has 0 radical (unpaired) electrons. The molecule has 3 aromatic rings. The number of H-pyrrole nitrogens is 1. The van der Waals surface area contributed by atoms with Gasteiger partial charge in [0, 0.05) is 29.7 Å². The van der Waals surface area contributed by atoms with E-state index in [1.54, 1.807) is 17.0 Å². The van der Waals surface area contributed by atoms with Crippen LogP contribution in [-0.2, 0) is 13.6 Å². The van der Waals surface area contributed by atoms with Crippen LogP contribution in [0.15, 0.2) is 30.9 Å². The zero-order valence-electron chi connectivity index (χ0n) is 14.9. The summed E-state index contributed by atoms with van der Waals surface area (Å²) in [5.41, 5.74) is 3.99. The van der Waals surface area contributed by atoms with E-state index in [1.807, 2.05) is 37.7 Å². The number of carbonyl (C=O) groups excluding carboxylic acids is 1. The van der Waals surface area contributed by atoms with Crippen LogP contribution in [-0.4, -0.2) is 37.3 Å². The Bertz CT molecular complexity index is 955. The lowest BCUT2D eigenvalue weighted by atomic mass is 10.1. The summed E-state index contributed by atoms with van der Waals surface area (Å²) in [5, 5.41) is 11.6. The van der Waals surface area contributed by atoms with Crippen molar-refractivity contribution in [3.8, 4) is 11.3 Å². The summed E-state index contributed by atoms with van der Waals surface area (Å²) in [6.07, 6.45) is 1.71. The van der Waals surface area contributed by atoms with E-state index in [2.05, 4.69) is 21.9 Å². The number of aromatic amines is 1. The molecule has 8 heteroatoms. The average Bonchev–Trinajstić information content (AvgIpc) is 3.28. The summed E-state index contributed by atoms with van der Waals surface area (Å²) < 4.78 is 2.52. The maximum absolute atomic E-state index is 12.9. The minimum Gasteiger partial charge on any atom is -0.328 e. The number of rotatable bonds is 6. The van der Waals surface area contributed by atoms with Crippen molar-refractivity contribution in [2.45, 2.75) is 20.4 Å². The molecular formula is C18H20ClN5OS. The van der Waals surface area contributed by atoms with Crippen molar-refractivity contribution < 1.29 is 4.79 Å². The van der Waals surface area contributed by atoms with Crippen molar-refractivity contribution >= 4 is 28.8 Å². The molecule has 1 amide bonds. The fourth-order valence-corrected chi connectivity index (χ4v) is 3.98. The van der Waals surface area contributed by atoms with Crippen LogP contribution in [0.3, 0.4) is 0 Å². The number of aromatic nitrogens is 4. The van der Waals surface area contributed by atoms with Gasteiger partial charge in [0.05, 0.1) is 22.3 Å². The van der Waals surface area contributed by atoms with Crippen LogP contribution in [0.4, 0.5) is 0 Å². The molecule has 3 aromatic heterocycles. The predicted molar refractivity (Wildman–Crippen MR) is 105 cm³/mol. The quantitative estimate of drug-likeness (QED) is 0.648. The van der Waals surface area contributed by atoms with E-state index < -0.39 is 0 Å². The summed E-state index contributed by atoms with van der Waals surface area (Å²) in [7, 11) is 1.89. The molecule has 0 saturated heterocycles. The Hall–Kier alpha value is -2.38. The first-order chi connectivity index (χ1) is 12.4. The average molecular weight is 390 g/mol. The van der Waals surface area contributed by atoms with Gasteiger partial charge in [-0.05, 0) is 32.0 Å². The standard InChI is InChI=1S/C18H20ClN5OS/c1-5-8-24(10-13-6-7-16(19)26-13)18(25)15-9-14(20-21-15)17-11(2)22-23(4)12(17)3/h5-7,9H,1,8,10H2,2-4H3,(H,20,21). The highest BCUT2D eigenvalue weighted by Gasteiger charge is 2.21. The molecule has 0 unspecified atom stereocenters. The molecular weight excluding hydrogens is 370 g/mol. The number of amides is 1. The molecule has 0 aliphatic carbocycles. The fourth-order valence-electron chi connectivity index (χ4n) is 2.87. The van der Waals surface area contributed by atoms with Crippen LogP contribution in [0, 0.1) is 13.8 Å². The largest absolute Gasteiger partial charge is 0.328 e. The lowest BCUT2D eigenvalue weighted by Crippen LogP contribution is -2.30. The molecule has 136 valence electrons. The van der Waals surface area contributed by atoms with Crippen LogP contribution in [0.5, 0.6) is 0 Å². The minimum absolute atomic E-state index is 0.132. The van der Waals surface area contributed by atoms with E-state index in [0.717, 1.165) is 21.8 Å². The van der Waals surface area contributed by atoms with Crippen LogP contribution in [0.1, 0.15) is 26.8 Å². The summed E-state index contributed by atoms with van der Waals surface area (Å²) in [6.45, 7) is 8.58. The Balaban J connectivity index is 1.86. The highest BCUT2D eigenvalue weighted by atomic mass is 35.5. The predicted octanol–water partition coefficient (Wildman–Crippen LogP) is 3.97. The van der Waals surface area contributed by atoms with Crippen molar-refractivity contribution in [2.75, 3.05) is 6.54 Å². The Labute approximate surface area is 161 Å². The van der Waals surface area contributed by atoms with Crippen molar-refractivity contribution in [2.24, 2.45) is 7.05 Å². The number of hydrogen-bond donors (Lipinski definition) is 1. The third-order valence-corrected chi connectivity index (χ3v) is 5.40. The van der Waals surface area contributed by atoms with E-state index in [4.69, 9.17) is 11.6 Å². The van der Waals surface area contributed by atoms with Gasteiger partial charge in [0.2, 0.25) is 0 Å². The van der Waals surface area contributed by atoms with Gasteiger partial charge in [0.15, 0.2) is 0 Å². The number of thiophene rings is 1. The zero-order chi connectivity index (χ0) is 18.8. The molecule has 3 rings (SSSR count). The van der Waals surface area contributed by atoms with Gasteiger partial charge in [-0.1, -0.05) is 17.7 Å². The topological polar surface area (TPSA) is 66.8 Å². The third kappa shape index (κ3) is 3.59. The first-order valence-electron chi connectivity index (χ1n) is 8.11. The minimum atomic E-state index is -0.132. The number of nitrogens with zero attached hydrogens (tertiary/aromatic N) is 4. The van der Waals surface area contributed by atoms with Gasteiger partial charge in [-0.3, -0.25) is 14.6 Å². The summed E-state index contributed by atoms with van der Waals surface area (Å²) >= 11 is 7.45. The molecule has 0 aliphatic heterocycles. The molecule has 0 spiro atoms. The molecule has 0 fully saturated rings. The second kappa shape index (κ2) is 7.47. The van der Waals surface area contributed by atoms with Crippen LogP contribution in [0.2, 0.25) is 4.34 Å². The van der Waals surface area contributed by atoms with Gasteiger partial charge in [-0.2, -0.15) is 10.2 Å². The zero-order valence-corrected chi connectivity index (χ0v) is 16.5. The SMILES string of the molecule is C=CCN(Cc1ccc(Cl)s1)C(=O)c1cc(-c2c(C)nn(C)c2C)n[nH]1. The van der Waals surface area contributed by atoms with Gasteiger partial charge in [0.25, 0.3) is 5.91 Å². The van der Waals surface area contributed by atoms with Gasteiger partial charge >= 0.3 is 0 Å². The van der Waals surface area contributed by atoms with E-state index in [-0.39, 0.29) is 5.91 Å². The lowest BCUT2D eigenvalue weighted by Gasteiger charge is -2.19. The van der Waals surface area contributed by atoms with Crippen LogP contribution >= 0.6 is 22.9 Å². The van der Waals surface area contributed by atoms with Crippen molar-refractivity contribution in [1.82, 2.24) is 24.9 Å². The number of hydrogen-bond acceptors (Lipinski definition) is 4. The molecule has 3 heterocycles. The summed E-state index contributed by atoms with van der Waals surface area (Å²) in [4.78, 5) is 15.6. The molecule has 26 heavy (non-hydrogen) atoms. The molecule has 0 aliphatic rings. The number of nitrogens with one attached hydrogen (secondary N) is 1. The molecule has 0 saturated carbocycles. The maximum atomic E-state index is 12.9. The Kier molecular flexibility index (Phi) is 5.29. The van der Waals surface area contributed by atoms with E-state index in [9.17, 15) is 4.79 Å². The molecule has 6 nitrogen and oxygen atoms in total. The third-order valence-electron chi connectivity index (χ3n) is 4.19. The van der Waals surface area contributed by atoms with Crippen LogP contribution < -0.4 is 0 Å². The smallest absolute Gasteiger partial charge is 0.272 e. The molecule has 0 atom stereocenters. The molecule has 0 aromatic carbocycles. The van der Waals surface area contributed by atoms with Crippen molar-refractivity contribution in [3.63, 3.8) is 0 Å². The molecule has 0 bridgehead atoms. The maximum Gasteiger partial charge on any atom is 0.272 e.